The van der Waals surface area contributed by atoms with E-state index in [-0.39, 0.29) is 24.3 Å². The van der Waals surface area contributed by atoms with Crippen molar-refractivity contribution in [2.75, 3.05) is 6.61 Å². The number of aliphatic hydroxyl groups excluding tert-OH is 1. The normalized spacial score (nSPS) is 12.2. The SMILES string of the molecule is Cc1cc(C)cc(-c2ccc(C(=O)NC(C)CO)o2)c1. The second kappa shape index (κ2) is 5.92. The van der Waals surface area contributed by atoms with Crippen molar-refractivity contribution in [3.63, 3.8) is 0 Å². The summed E-state index contributed by atoms with van der Waals surface area (Å²) in [5.74, 6) is 0.597. The van der Waals surface area contributed by atoms with E-state index in [1.807, 2.05) is 26.0 Å². The number of nitrogens with one attached hydrogen (secondary N) is 1. The lowest BCUT2D eigenvalue weighted by molar-refractivity contribution is 0.0895. The molecule has 0 bridgehead atoms. The summed E-state index contributed by atoms with van der Waals surface area (Å²) >= 11 is 0. The lowest BCUT2D eigenvalue weighted by atomic mass is 10.1. The monoisotopic (exact) mass is 273 g/mol. The maximum Gasteiger partial charge on any atom is 0.287 e. The number of hydrogen-bond acceptors (Lipinski definition) is 3. The number of aryl methyl sites for hydroxylation is 2. The van der Waals surface area contributed by atoms with E-state index in [4.69, 9.17) is 9.52 Å². The Hall–Kier alpha value is -2.07. The van der Waals surface area contributed by atoms with Crippen LogP contribution < -0.4 is 5.32 Å². The molecule has 1 heterocycles. The molecule has 4 heteroatoms. The third kappa shape index (κ3) is 3.27. The van der Waals surface area contributed by atoms with Gasteiger partial charge in [0.15, 0.2) is 5.76 Å². The predicted octanol–water partition coefficient (Wildman–Crippen LogP) is 2.67. The van der Waals surface area contributed by atoms with Crippen LogP contribution in [0.3, 0.4) is 0 Å². The maximum atomic E-state index is 11.9. The number of carbonyl (C=O) groups excluding carboxylic acids is 1. The van der Waals surface area contributed by atoms with Crippen LogP contribution in [0.25, 0.3) is 11.3 Å². The molecule has 0 saturated heterocycles. The van der Waals surface area contributed by atoms with E-state index >= 15 is 0 Å². The van der Waals surface area contributed by atoms with Crippen LogP contribution in [-0.4, -0.2) is 23.7 Å². The molecule has 0 fully saturated rings. The molecule has 0 saturated carbocycles. The van der Waals surface area contributed by atoms with Crippen molar-refractivity contribution in [1.29, 1.82) is 0 Å². The minimum Gasteiger partial charge on any atom is -0.451 e. The highest BCUT2D eigenvalue weighted by molar-refractivity contribution is 5.92. The number of furan rings is 1. The zero-order valence-electron chi connectivity index (χ0n) is 11.9. The van der Waals surface area contributed by atoms with E-state index in [9.17, 15) is 4.79 Å². The quantitative estimate of drug-likeness (QED) is 0.900. The van der Waals surface area contributed by atoms with Crippen molar-refractivity contribution in [2.24, 2.45) is 0 Å². The molecule has 106 valence electrons. The minimum atomic E-state index is -0.317. The van der Waals surface area contributed by atoms with Gasteiger partial charge in [0.2, 0.25) is 0 Å². The molecule has 0 spiro atoms. The molecule has 0 radical (unpaired) electrons. The Labute approximate surface area is 118 Å². The van der Waals surface area contributed by atoms with Gasteiger partial charge in [0.25, 0.3) is 5.91 Å². The van der Waals surface area contributed by atoms with Crippen LogP contribution in [0, 0.1) is 13.8 Å². The van der Waals surface area contributed by atoms with Gasteiger partial charge in [0.05, 0.1) is 6.61 Å². The molecule has 1 aromatic heterocycles. The van der Waals surface area contributed by atoms with Crippen molar-refractivity contribution < 1.29 is 14.3 Å². The number of aliphatic hydroxyl groups is 1. The fraction of sp³-hybridized carbons (Fsp3) is 0.312. The minimum absolute atomic E-state index is 0.101. The van der Waals surface area contributed by atoms with Gasteiger partial charge in [0, 0.05) is 11.6 Å². The molecule has 1 amide bonds. The molecule has 0 aliphatic rings. The Morgan fingerprint density at radius 2 is 1.90 bits per heavy atom. The van der Waals surface area contributed by atoms with E-state index in [1.54, 1.807) is 19.1 Å². The van der Waals surface area contributed by atoms with Gasteiger partial charge >= 0.3 is 0 Å². The second-order valence-corrected chi connectivity index (χ2v) is 5.10. The predicted molar refractivity (Wildman–Crippen MR) is 77.6 cm³/mol. The summed E-state index contributed by atoms with van der Waals surface area (Å²) in [6.45, 7) is 5.67. The maximum absolute atomic E-state index is 11.9. The summed E-state index contributed by atoms with van der Waals surface area (Å²) in [6.07, 6.45) is 0. The molecule has 4 nitrogen and oxygen atoms in total. The lowest BCUT2D eigenvalue weighted by Crippen LogP contribution is -2.34. The van der Waals surface area contributed by atoms with Gasteiger partial charge < -0.3 is 14.8 Å². The van der Waals surface area contributed by atoms with Crippen molar-refractivity contribution >= 4 is 5.91 Å². The van der Waals surface area contributed by atoms with Gasteiger partial charge in [-0.25, -0.2) is 0 Å². The Kier molecular flexibility index (Phi) is 4.25. The van der Waals surface area contributed by atoms with Crippen LogP contribution in [-0.2, 0) is 0 Å². The topological polar surface area (TPSA) is 62.5 Å². The number of rotatable bonds is 4. The lowest BCUT2D eigenvalue weighted by Gasteiger charge is -2.08. The summed E-state index contributed by atoms with van der Waals surface area (Å²) in [7, 11) is 0. The van der Waals surface area contributed by atoms with E-state index < -0.39 is 0 Å². The number of hydrogen-bond donors (Lipinski definition) is 2. The zero-order valence-corrected chi connectivity index (χ0v) is 11.9. The van der Waals surface area contributed by atoms with Crippen molar-refractivity contribution in [3.05, 3.63) is 47.2 Å². The van der Waals surface area contributed by atoms with E-state index in [1.165, 1.54) is 0 Å². The first kappa shape index (κ1) is 14.3. The van der Waals surface area contributed by atoms with Crippen molar-refractivity contribution in [2.45, 2.75) is 26.8 Å². The fourth-order valence-corrected chi connectivity index (χ4v) is 2.07. The fourth-order valence-electron chi connectivity index (χ4n) is 2.07. The Balaban J connectivity index is 2.22. The molecule has 20 heavy (non-hydrogen) atoms. The van der Waals surface area contributed by atoms with E-state index in [2.05, 4.69) is 11.4 Å². The van der Waals surface area contributed by atoms with E-state index in [0.717, 1.165) is 16.7 Å². The van der Waals surface area contributed by atoms with Gasteiger partial charge in [-0.1, -0.05) is 17.2 Å². The number of carbonyl (C=O) groups is 1. The number of benzene rings is 1. The smallest absolute Gasteiger partial charge is 0.287 e. The Morgan fingerprint density at radius 3 is 2.50 bits per heavy atom. The first-order valence-electron chi connectivity index (χ1n) is 6.60. The molecule has 1 atom stereocenters. The van der Waals surface area contributed by atoms with Crippen LogP contribution in [0.2, 0.25) is 0 Å². The van der Waals surface area contributed by atoms with Crippen LogP contribution in [0.4, 0.5) is 0 Å². The first-order valence-corrected chi connectivity index (χ1v) is 6.60. The summed E-state index contributed by atoms with van der Waals surface area (Å²) < 4.78 is 5.59. The first-order chi connectivity index (χ1) is 9.49. The Bertz CT molecular complexity index is 596. The molecule has 2 rings (SSSR count). The van der Waals surface area contributed by atoms with Crippen molar-refractivity contribution in [1.82, 2.24) is 5.32 Å². The summed E-state index contributed by atoms with van der Waals surface area (Å²) in [4.78, 5) is 11.9. The largest absolute Gasteiger partial charge is 0.451 e. The van der Waals surface area contributed by atoms with Gasteiger partial charge in [0.1, 0.15) is 5.76 Å². The average molecular weight is 273 g/mol. The van der Waals surface area contributed by atoms with Crippen LogP contribution in [0.5, 0.6) is 0 Å². The second-order valence-electron chi connectivity index (χ2n) is 5.10. The highest BCUT2D eigenvalue weighted by Gasteiger charge is 2.14. The van der Waals surface area contributed by atoms with Crippen LogP contribution in [0.1, 0.15) is 28.6 Å². The van der Waals surface area contributed by atoms with Crippen molar-refractivity contribution in [3.8, 4) is 11.3 Å². The third-order valence-electron chi connectivity index (χ3n) is 2.99. The van der Waals surface area contributed by atoms with E-state index in [0.29, 0.717) is 5.76 Å². The zero-order chi connectivity index (χ0) is 14.7. The standard InChI is InChI=1S/C16H19NO3/c1-10-6-11(2)8-13(7-10)14-4-5-15(20-14)16(19)17-12(3)9-18/h4-8,12,18H,9H2,1-3H3,(H,17,19). The Morgan fingerprint density at radius 1 is 1.25 bits per heavy atom. The molecule has 2 N–H and O–H groups in total. The van der Waals surface area contributed by atoms with Crippen LogP contribution in [0.15, 0.2) is 34.7 Å². The average Bonchev–Trinajstić information content (AvgIpc) is 2.87. The molecular weight excluding hydrogens is 254 g/mol. The summed E-state index contributed by atoms with van der Waals surface area (Å²) in [5, 5.41) is 11.6. The highest BCUT2D eigenvalue weighted by Crippen LogP contribution is 2.24. The van der Waals surface area contributed by atoms with Gasteiger partial charge in [-0.2, -0.15) is 0 Å². The summed E-state index contributed by atoms with van der Waals surface area (Å²) in [6, 6.07) is 9.26. The molecule has 0 aliphatic heterocycles. The third-order valence-corrected chi connectivity index (χ3v) is 2.99. The molecule has 1 aromatic carbocycles. The van der Waals surface area contributed by atoms with Gasteiger partial charge in [-0.3, -0.25) is 4.79 Å². The molecule has 0 aliphatic carbocycles. The van der Waals surface area contributed by atoms with Crippen LogP contribution >= 0.6 is 0 Å². The molecular formula is C16H19NO3. The highest BCUT2D eigenvalue weighted by atomic mass is 16.4. The van der Waals surface area contributed by atoms with Gasteiger partial charge in [-0.15, -0.1) is 0 Å². The summed E-state index contributed by atoms with van der Waals surface area (Å²) in [5.41, 5.74) is 3.25. The number of amides is 1. The molecule has 2 aromatic rings. The molecule has 1 unspecified atom stereocenters. The van der Waals surface area contributed by atoms with Gasteiger partial charge in [-0.05, 0) is 45.0 Å².